The minimum Gasteiger partial charge on any atom is -0.467 e. The molecule has 1 aromatic carbocycles. The van der Waals surface area contributed by atoms with Gasteiger partial charge in [-0.25, -0.2) is 0 Å². The zero-order valence-corrected chi connectivity index (χ0v) is 12.8. The van der Waals surface area contributed by atoms with E-state index in [-0.39, 0.29) is 6.04 Å². The molecular formula is C13H13Br2NO. The molecule has 2 aromatic rings. The molecule has 0 spiro atoms. The fraction of sp³-hybridized carbons (Fsp3) is 0.231. The molecule has 0 bridgehead atoms. The summed E-state index contributed by atoms with van der Waals surface area (Å²) in [5.41, 5.74) is 2.25. The third kappa shape index (κ3) is 2.93. The van der Waals surface area contributed by atoms with Crippen LogP contribution < -0.4 is 5.32 Å². The van der Waals surface area contributed by atoms with E-state index in [0.717, 1.165) is 20.4 Å². The van der Waals surface area contributed by atoms with Crippen LogP contribution >= 0.6 is 31.9 Å². The van der Waals surface area contributed by atoms with E-state index < -0.39 is 0 Å². The van der Waals surface area contributed by atoms with Crippen LogP contribution in [0.15, 0.2) is 43.9 Å². The first kappa shape index (κ1) is 12.7. The summed E-state index contributed by atoms with van der Waals surface area (Å²) in [5.74, 6) is 0.921. The Morgan fingerprint density at radius 1 is 1.24 bits per heavy atom. The van der Waals surface area contributed by atoms with Crippen LogP contribution in [0.25, 0.3) is 0 Å². The van der Waals surface area contributed by atoms with Crippen LogP contribution in [0.3, 0.4) is 0 Å². The Hall–Kier alpha value is -0.740. The maximum absolute atomic E-state index is 5.38. The van der Waals surface area contributed by atoms with Gasteiger partial charge in [0.1, 0.15) is 5.76 Å². The lowest BCUT2D eigenvalue weighted by Gasteiger charge is -2.16. The molecule has 2 rings (SSSR count). The van der Waals surface area contributed by atoms with Crippen molar-refractivity contribution in [3.8, 4) is 0 Å². The molecule has 0 aliphatic carbocycles. The van der Waals surface area contributed by atoms with Crippen LogP contribution in [0.4, 0.5) is 5.69 Å². The lowest BCUT2D eigenvalue weighted by atomic mass is 10.2. The zero-order valence-electron chi connectivity index (χ0n) is 9.63. The van der Waals surface area contributed by atoms with E-state index in [0.29, 0.717) is 0 Å². The topological polar surface area (TPSA) is 25.2 Å². The van der Waals surface area contributed by atoms with Crippen LogP contribution in [0.5, 0.6) is 0 Å². The Bertz CT molecular complexity index is 485. The van der Waals surface area contributed by atoms with Gasteiger partial charge in [-0.1, -0.05) is 0 Å². The molecule has 1 unspecified atom stereocenters. The lowest BCUT2D eigenvalue weighted by Crippen LogP contribution is -2.06. The summed E-state index contributed by atoms with van der Waals surface area (Å²) in [7, 11) is 0. The Kier molecular flexibility index (Phi) is 3.94. The van der Waals surface area contributed by atoms with Gasteiger partial charge >= 0.3 is 0 Å². The van der Waals surface area contributed by atoms with E-state index in [1.54, 1.807) is 6.26 Å². The zero-order chi connectivity index (χ0) is 12.4. The van der Waals surface area contributed by atoms with Gasteiger partial charge in [0, 0.05) is 8.95 Å². The molecule has 1 heterocycles. The molecule has 17 heavy (non-hydrogen) atoms. The lowest BCUT2D eigenvalue weighted by molar-refractivity contribution is 0.490. The second kappa shape index (κ2) is 5.27. The molecule has 0 saturated carbocycles. The molecule has 2 nitrogen and oxygen atoms in total. The van der Waals surface area contributed by atoms with Crippen molar-refractivity contribution in [2.75, 3.05) is 5.32 Å². The van der Waals surface area contributed by atoms with E-state index >= 15 is 0 Å². The number of rotatable bonds is 3. The van der Waals surface area contributed by atoms with Gasteiger partial charge in [-0.05, 0) is 75.5 Å². The number of nitrogens with one attached hydrogen (secondary N) is 1. The maximum atomic E-state index is 5.38. The number of hydrogen-bond donors (Lipinski definition) is 1. The molecule has 90 valence electrons. The molecule has 0 fully saturated rings. The number of hydrogen-bond acceptors (Lipinski definition) is 2. The van der Waals surface area contributed by atoms with E-state index in [9.17, 15) is 0 Å². The van der Waals surface area contributed by atoms with Crippen molar-refractivity contribution >= 4 is 37.5 Å². The first-order chi connectivity index (χ1) is 8.08. The molecule has 4 heteroatoms. The number of benzene rings is 1. The van der Waals surface area contributed by atoms with Crippen molar-refractivity contribution in [3.05, 3.63) is 50.8 Å². The Labute approximate surface area is 118 Å². The fourth-order valence-corrected chi connectivity index (χ4v) is 3.31. The summed E-state index contributed by atoms with van der Waals surface area (Å²) in [6, 6.07) is 8.16. The average Bonchev–Trinajstić information content (AvgIpc) is 2.76. The summed E-state index contributed by atoms with van der Waals surface area (Å²) in [6.45, 7) is 4.13. The van der Waals surface area contributed by atoms with Gasteiger partial charge in [0.2, 0.25) is 0 Å². The predicted octanol–water partition coefficient (Wildman–Crippen LogP) is 5.29. The predicted molar refractivity (Wildman–Crippen MR) is 77.3 cm³/mol. The summed E-state index contributed by atoms with van der Waals surface area (Å²) >= 11 is 7.13. The highest BCUT2D eigenvalue weighted by atomic mass is 79.9. The summed E-state index contributed by atoms with van der Waals surface area (Å²) in [5, 5.41) is 3.42. The van der Waals surface area contributed by atoms with Crippen molar-refractivity contribution in [3.63, 3.8) is 0 Å². The van der Waals surface area contributed by atoms with Crippen LogP contribution in [-0.4, -0.2) is 0 Å². The van der Waals surface area contributed by atoms with E-state index in [2.05, 4.69) is 63.2 Å². The number of anilines is 1. The monoisotopic (exact) mass is 357 g/mol. The fourth-order valence-electron chi connectivity index (χ4n) is 1.66. The second-order valence-corrected chi connectivity index (χ2v) is 5.69. The smallest absolute Gasteiger partial charge is 0.125 e. The second-order valence-electron chi connectivity index (χ2n) is 3.99. The molecule has 0 saturated heterocycles. The largest absolute Gasteiger partial charge is 0.467 e. The molecular weight excluding hydrogens is 346 g/mol. The molecule has 1 atom stereocenters. The first-order valence-electron chi connectivity index (χ1n) is 5.33. The van der Waals surface area contributed by atoms with Crippen molar-refractivity contribution in [1.82, 2.24) is 0 Å². The molecule has 0 radical (unpaired) electrons. The van der Waals surface area contributed by atoms with Gasteiger partial charge in [-0.2, -0.15) is 0 Å². The van der Waals surface area contributed by atoms with E-state index in [4.69, 9.17) is 4.42 Å². The highest BCUT2D eigenvalue weighted by molar-refractivity contribution is 9.11. The minimum absolute atomic E-state index is 0.125. The van der Waals surface area contributed by atoms with Gasteiger partial charge in [-0.3, -0.25) is 0 Å². The highest BCUT2D eigenvalue weighted by Gasteiger charge is 2.12. The SMILES string of the molecule is Cc1cc(Br)c(NC(C)c2ccco2)c(Br)c1. The van der Waals surface area contributed by atoms with Gasteiger partial charge in [0.15, 0.2) is 0 Å². The third-order valence-corrected chi connectivity index (χ3v) is 3.77. The standard InChI is InChI=1S/C13H13Br2NO/c1-8-6-10(14)13(11(15)7-8)16-9(2)12-4-3-5-17-12/h3-7,9,16H,1-2H3. The van der Waals surface area contributed by atoms with E-state index in [1.807, 2.05) is 12.1 Å². The van der Waals surface area contributed by atoms with Crippen LogP contribution in [0, 0.1) is 6.92 Å². The molecule has 0 aliphatic rings. The van der Waals surface area contributed by atoms with Crippen molar-refractivity contribution < 1.29 is 4.42 Å². The molecule has 0 aliphatic heterocycles. The summed E-state index contributed by atoms with van der Waals surface area (Å²) in [4.78, 5) is 0. The Morgan fingerprint density at radius 3 is 2.41 bits per heavy atom. The average molecular weight is 359 g/mol. The van der Waals surface area contributed by atoms with Gasteiger partial charge in [0.05, 0.1) is 18.0 Å². The minimum atomic E-state index is 0.125. The van der Waals surface area contributed by atoms with Gasteiger partial charge in [0.25, 0.3) is 0 Å². The summed E-state index contributed by atoms with van der Waals surface area (Å²) < 4.78 is 7.47. The van der Waals surface area contributed by atoms with Gasteiger partial charge in [-0.15, -0.1) is 0 Å². The van der Waals surface area contributed by atoms with Gasteiger partial charge < -0.3 is 9.73 Å². The number of furan rings is 1. The molecule has 1 aromatic heterocycles. The summed E-state index contributed by atoms with van der Waals surface area (Å²) in [6.07, 6.45) is 1.69. The highest BCUT2D eigenvalue weighted by Crippen LogP contribution is 2.34. The molecule has 1 N–H and O–H groups in total. The van der Waals surface area contributed by atoms with Crippen LogP contribution in [-0.2, 0) is 0 Å². The van der Waals surface area contributed by atoms with Crippen LogP contribution in [0.2, 0.25) is 0 Å². The van der Waals surface area contributed by atoms with Crippen LogP contribution in [0.1, 0.15) is 24.3 Å². The number of aryl methyl sites for hydroxylation is 1. The van der Waals surface area contributed by atoms with Crippen molar-refractivity contribution in [2.45, 2.75) is 19.9 Å². The first-order valence-corrected chi connectivity index (χ1v) is 6.92. The van der Waals surface area contributed by atoms with E-state index in [1.165, 1.54) is 5.56 Å². The number of halogens is 2. The van der Waals surface area contributed by atoms with Crippen molar-refractivity contribution in [1.29, 1.82) is 0 Å². The third-order valence-electron chi connectivity index (χ3n) is 2.52. The maximum Gasteiger partial charge on any atom is 0.125 e. The normalized spacial score (nSPS) is 12.5. The Morgan fingerprint density at radius 2 is 1.88 bits per heavy atom. The Balaban J connectivity index is 2.25. The van der Waals surface area contributed by atoms with Crippen molar-refractivity contribution in [2.24, 2.45) is 0 Å². The molecule has 0 amide bonds. The quantitative estimate of drug-likeness (QED) is 0.806.